The predicted molar refractivity (Wildman–Crippen MR) is 128 cm³/mol. The first-order valence-corrected chi connectivity index (χ1v) is 12.7. The molecule has 3 heterocycles. The molecule has 1 aliphatic rings. The van der Waals surface area contributed by atoms with Crippen LogP contribution < -0.4 is 5.56 Å². The van der Waals surface area contributed by atoms with E-state index in [0.717, 1.165) is 30.8 Å². The monoisotopic (exact) mass is 469 g/mol. The number of H-pyrrole nitrogens is 1. The first kappa shape index (κ1) is 23.4. The van der Waals surface area contributed by atoms with Gasteiger partial charge >= 0.3 is 0 Å². The molecule has 0 fully saturated rings. The molecule has 2 aromatic heterocycles. The first-order chi connectivity index (χ1) is 15.7. The Balaban J connectivity index is 1.57. The maximum atomic E-state index is 13.1. The van der Waals surface area contributed by atoms with Gasteiger partial charge in [-0.15, -0.1) is 0 Å². The fraction of sp³-hybridized carbons (Fsp3) is 0.417. The number of nitrogens with zero attached hydrogens (tertiary/aromatic N) is 4. The zero-order valence-electron chi connectivity index (χ0n) is 19.5. The fourth-order valence-electron chi connectivity index (χ4n) is 4.53. The van der Waals surface area contributed by atoms with Crippen molar-refractivity contribution in [2.45, 2.75) is 64.2 Å². The summed E-state index contributed by atoms with van der Waals surface area (Å²) in [7, 11) is -3.68. The standard InChI is InChI=1S/C24H31N5O3S/c1-17(2)29(18(3)4)33(31,32)20-10-11-23(25-14-20)28-24(30)21-16-27(13-12-22(21)26-28)15-19-8-6-5-7-9-19/h5-11,14,17-18,26H,12-13,15-16H2,1-4H3. The minimum atomic E-state index is -3.68. The molecule has 0 saturated heterocycles. The molecule has 0 bridgehead atoms. The third kappa shape index (κ3) is 4.66. The molecule has 0 spiro atoms. The lowest BCUT2D eigenvalue weighted by molar-refractivity contribution is 0.244. The van der Waals surface area contributed by atoms with E-state index in [4.69, 9.17) is 0 Å². The van der Waals surface area contributed by atoms with Crippen molar-refractivity contribution in [3.8, 4) is 5.82 Å². The van der Waals surface area contributed by atoms with Crippen LogP contribution in [0.5, 0.6) is 0 Å². The third-order valence-electron chi connectivity index (χ3n) is 5.92. The van der Waals surface area contributed by atoms with Gasteiger partial charge in [0.05, 0.1) is 5.56 Å². The highest BCUT2D eigenvalue weighted by molar-refractivity contribution is 7.89. The van der Waals surface area contributed by atoms with Crippen LogP contribution in [0, 0.1) is 0 Å². The molecule has 33 heavy (non-hydrogen) atoms. The molecule has 1 aliphatic heterocycles. The molecule has 176 valence electrons. The molecule has 0 aliphatic carbocycles. The highest BCUT2D eigenvalue weighted by atomic mass is 32.2. The van der Waals surface area contributed by atoms with Gasteiger partial charge in [0.1, 0.15) is 4.90 Å². The van der Waals surface area contributed by atoms with Crippen LogP contribution in [0.1, 0.15) is 44.5 Å². The summed E-state index contributed by atoms with van der Waals surface area (Å²) < 4.78 is 29.0. The second-order valence-electron chi connectivity index (χ2n) is 9.03. The lowest BCUT2D eigenvalue weighted by Gasteiger charge is -2.29. The Labute approximate surface area is 194 Å². The van der Waals surface area contributed by atoms with E-state index in [2.05, 4.69) is 27.1 Å². The molecule has 1 aromatic carbocycles. The Bertz CT molecular complexity index is 1250. The highest BCUT2D eigenvalue weighted by Gasteiger charge is 2.30. The molecule has 1 N–H and O–H groups in total. The van der Waals surface area contributed by atoms with Crippen molar-refractivity contribution in [3.63, 3.8) is 0 Å². The lowest BCUT2D eigenvalue weighted by Crippen LogP contribution is -2.41. The summed E-state index contributed by atoms with van der Waals surface area (Å²) in [6.45, 7) is 9.61. The van der Waals surface area contributed by atoms with Crippen LogP contribution in [0.3, 0.4) is 0 Å². The SMILES string of the molecule is CC(C)N(C(C)C)S(=O)(=O)c1ccc(-n2[nH]c3c(c2=O)CN(Cc2ccccc2)CC3)nc1. The number of hydrogen-bond donors (Lipinski definition) is 1. The van der Waals surface area contributed by atoms with E-state index in [0.29, 0.717) is 12.4 Å². The topological polar surface area (TPSA) is 91.3 Å². The molecule has 0 saturated carbocycles. The Morgan fingerprint density at radius 3 is 2.36 bits per heavy atom. The van der Waals surface area contributed by atoms with Gasteiger partial charge in [-0.05, 0) is 45.4 Å². The van der Waals surface area contributed by atoms with Gasteiger partial charge in [-0.3, -0.25) is 14.8 Å². The number of fused-ring (bicyclic) bond motifs is 1. The summed E-state index contributed by atoms with van der Waals surface area (Å²) in [6, 6.07) is 13.0. The van der Waals surface area contributed by atoms with Crippen molar-refractivity contribution < 1.29 is 8.42 Å². The lowest BCUT2D eigenvalue weighted by atomic mass is 10.1. The van der Waals surface area contributed by atoms with Gasteiger partial charge in [0.15, 0.2) is 5.82 Å². The van der Waals surface area contributed by atoms with Crippen molar-refractivity contribution in [3.05, 3.63) is 75.8 Å². The van der Waals surface area contributed by atoms with E-state index >= 15 is 0 Å². The van der Waals surface area contributed by atoms with E-state index in [1.54, 1.807) is 6.07 Å². The second-order valence-corrected chi connectivity index (χ2v) is 10.9. The van der Waals surface area contributed by atoms with Crippen LogP contribution in [-0.2, 0) is 29.5 Å². The summed E-state index contributed by atoms with van der Waals surface area (Å²) in [5, 5.41) is 3.18. The Morgan fingerprint density at radius 2 is 1.76 bits per heavy atom. The number of pyridine rings is 1. The van der Waals surface area contributed by atoms with Crippen LogP contribution in [0.25, 0.3) is 5.82 Å². The quantitative estimate of drug-likeness (QED) is 0.575. The molecule has 0 atom stereocenters. The second kappa shape index (κ2) is 9.24. The van der Waals surface area contributed by atoms with Crippen LogP contribution in [0.2, 0.25) is 0 Å². The largest absolute Gasteiger partial charge is 0.294 e. The van der Waals surface area contributed by atoms with E-state index < -0.39 is 10.0 Å². The number of aromatic nitrogens is 3. The van der Waals surface area contributed by atoms with E-state index in [-0.39, 0.29) is 22.5 Å². The normalized spacial score (nSPS) is 14.9. The van der Waals surface area contributed by atoms with Crippen LogP contribution in [0.15, 0.2) is 58.4 Å². The predicted octanol–water partition coefficient (Wildman–Crippen LogP) is 2.93. The maximum absolute atomic E-state index is 13.1. The maximum Gasteiger partial charge on any atom is 0.277 e. The van der Waals surface area contributed by atoms with Gasteiger partial charge in [-0.25, -0.2) is 18.1 Å². The van der Waals surface area contributed by atoms with E-state index in [1.807, 2.05) is 45.9 Å². The van der Waals surface area contributed by atoms with Gasteiger partial charge in [0.2, 0.25) is 10.0 Å². The summed E-state index contributed by atoms with van der Waals surface area (Å²) in [6.07, 6.45) is 2.07. The van der Waals surface area contributed by atoms with Crippen molar-refractivity contribution in [1.29, 1.82) is 0 Å². The molecular formula is C24H31N5O3S. The average Bonchev–Trinajstić information content (AvgIpc) is 3.10. The smallest absolute Gasteiger partial charge is 0.277 e. The molecule has 0 radical (unpaired) electrons. The van der Waals surface area contributed by atoms with Gasteiger partial charge in [-0.1, -0.05) is 30.3 Å². The summed E-state index contributed by atoms with van der Waals surface area (Å²) in [4.78, 5) is 19.8. The molecule has 3 aromatic rings. The van der Waals surface area contributed by atoms with Gasteiger partial charge in [-0.2, -0.15) is 4.31 Å². The average molecular weight is 470 g/mol. The minimum Gasteiger partial charge on any atom is -0.294 e. The number of sulfonamides is 1. The Morgan fingerprint density at radius 1 is 1.06 bits per heavy atom. The van der Waals surface area contributed by atoms with Crippen LogP contribution in [-0.4, -0.2) is 51.0 Å². The molecule has 8 nitrogen and oxygen atoms in total. The molecule has 4 rings (SSSR count). The minimum absolute atomic E-state index is 0.118. The van der Waals surface area contributed by atoms with E-state index in [9.17, 15) is 13.2 Å². The fourth-order valence-corrected chi connectivity index (χ4v) is 6.31. The molecular weight excluding hydrogens is 438 g/mol. The van der Waals surface area contributed by atoms with Gasteiger partial charge < -0.3 is 0 Å². The Kier molecular flexibility index (Phi) is 6.56. The number of hydrogen-bond acceptors (Lipinski definition) is 5. The third-order valence-corrected chi connectivity index (χ3v) is 8.16. The van der Waals surface area contributed by atoms with Gasteiger partial charge in [0.25, 0.3) is 5.56 Å². The van der Waals surface area contributed by atoms with Crippen molar-refractivity contribution in [2.24, 2.45) is 0 Å². The van der Waals surface area contributed by atoms with E-state index in [1.165, 1.54) is 26.8 Å². The summed E-state index contributed by atoms with van der Waals surface area (Å²) >= 11 is 0. The summed E-state index contributed by atoms with van der Waals surface area (Å²) in [5.41, 5.74) is 2.72. The Hall–Kier alpha value is -2.75. The molecule has 9 heteroatoms. The number of aromatic amines is 1. The zero-order chi connectivity index (χ0) is 23.8. The van der Waals surface area contributed by atoms with Crippen molar-refractivity contribution >= 4 is 10.0 Å². The number of rotatable bonds is 7. The van der Waals surface area contributed by atoms with Crippen LogP contribution in [0.4, 0.5) is 0 Å². The highest BCUT2D eigenvalue weighted by Crippen LogP contribution is 2.22. The first-order valence-electron chi connectivity index (χ1n) is 11.3. The van der Waals surface area contributed by atoms with Crippen molar-refractivity contribution in [2.75, 3.05) is 6.54 Å². The van der Waals surface area contributed by atoms with Gasteiger partial charge in [0, 0.05) is 50.0 Å². The van der Waals surface area contributed by atoms with Crippen LogP contribution >= 0.6 is 0 Å². The van der Waals surface area contributed by atoms with Crippen molar-refractivity contribution in [1.82, 2.24) is 24.0 Å². The number of benzene rings is 1. The number of nitrogens with one attached hydrogen (secondary N) is 1. The zero-order valence-corrected chi connectivity index (χ0v) is 20.3. The summed E-state index contributed by atoms with van der Waals surface area (Å²) in [5.74, 6) is 0.378. The molecule has 0 amide bonds. The molecule has 0 unspecified atom stereocenters.